The average Bonchev–Trinajstić information content (AvgIpc) is 2.99. The van der Waals surface area contributed by atoms with Crippen LogP contribution in [0.3, 0.4) is 0 Å². The maximum Gasteiger partial charge on any atom is 0.271 e. The van der Waals surface area contributed by atoms with Crippen LogP contribution in [0.5, 0.6) is 5.75 Å². The van der Waals surface area contributed by atoms with Crippen molar-refractivity contribution in [1.29, 1.82) is 0 Å². The molecule has 0 aliphatic rings. The zero-order valence-electron chi connectivity index (χ0n) is 11.5. The number of fused-ring (bicyclic) bond motifs is 1. The second kappa shape index (κ2) is 6.48. The Labute approximate surface area is 135 Å². The Morgan fingerprint density at radius 1 is 1.32 bits per heavy atom. The molecule has 0 fully saturated rings. The lowest BCUT2D eigenvalue weighted by molar-refractivity contribution is 0.0915. The van der Waals surface area contributed by atoms with Crippen molar-refractivity contribution in [1.82, 2.24) is 9.55 Å². The molecule has 1 aromatic carbocycles. The Bertz CT molecular complexity index is 829. The van der Waals surface area contributed by atoms with E-state index < -0.39 is 6.10 Å². The number of benzene rings is 1. The van der Waals surface area contributed by atoms with E-state index in [0.29, 0.717) is 21.0 Å². The molecule has 2 aromatic heterocycles. The minimum atomic E-state index is -0.812. The average molecular weight is 337 g/mol. The Balaban J connectivity index is 1.65. The quantitative estimate of drug-likeness (QED) is 0.777. The molecule has 7 heteroatoms. The van der Waals surface area contributed by atoms with Gasteiger partial charge in [0.05, 0.1) is 18.4 Å². The van der Waals surface area contributed by atoms with E-state index in [4.69, 9.17) is 16.3 Å². The van der Waals surface area contributed by atoms with Crippen molar-refractivity contribution in [3.8, 4) is 5.75 Å². The summed E-state index contributed by atoms with van der Waals surface area (Å²) >= 11 is 7.13. The summed E-state index contributed by atoms with van der Waals surface area (Å²) in [6, 6.07) is 8.66. The van der Waals surface area contributed by atoms with Gasteiger partial charge in [0.25, 0.3) is 5.56 Å². The molecular formula is C15H13ClN2O3S. The van der Waals surface area contributed by atoms with Crippen LogP contribution in [0.1, 0.15) is 0 Å². The summed E-state index contributed by atoms with van der Waals surface area (Å²) in [6.07, 6.45) is 0.635. The minimum Gasteiger partial charge on any atom is -0.491 e. The summed E-state index contributed by atoms with van der Waals surface area (Å²) < 4.78 is 7.45. The fraction of sp³-hybridized carbons (Fsp3) is 0.200. The standard InChI is InChI=1S/C15H13ClN2O3S/c16-10-1-3-12(4-2-10)21-8-11(19)7-18-9-17-13-5-6-22-14(13)15(18)20/h1-6,9,11,19H,7-8H2. The summed E-state index contributed by atoms with van der Waals surface area (Å²) in [7, 11) is 0. The minimum absolute atomic E-state index is 0.0799. The van der Waals surface area contributed by atoms with Gasteiger partial charge in [0.1, 0.15) is 23.2 Å². The van der Waals surface area contributed by atoms with Gasteiger partial charge < -0.3 is 9.84 Å². The molecule has 0 bridgehead atoms. The predicted octanol–water partition coefficient (Wildman–Crippen LogP) is 2.55. The molecule has 0 saturated heterocycles. The first-order valence-corrected chi connectivity index (χ1v) is 7.88. The van der Waals surface area contributed by atoms with Gasteiger partial charge in [0.15, 0.2) is 0 Å². The molecule has 5 nitrogen and oxygen atoms in total. The largest absolute Gasteiger partial charge is 0.491 e. The SMILES string of the molecule is O=c1c2sccc2ncn1CC(O)COc1ccc(Cl)cc1. The van der Waals surface area contributed by atoms with Gasteiger partial charge in [-0.3, -0.25) is 9.36 Å². The van der Waals surface area contributed by atoms with Crippen molar-refractivity contribution in [2.24, 2.45) is 0 Å². The summed E-state index contributed by atoms with van der Waals surface area (Å²) in [5.74, 6) is 0.614. The molecule has 3 rings (SSSR count). The molecule has 1 unspecified atom stereocenters. The first-order chi connectivity index (χ1) is 10.6. The van der Waals surface area contributed by atoms with Gasteiger partial charge in [-0.05, 0) is 35.7 Å². The second-order valence-electron chi connectivity index (χ2n) is 4.76. The highest BCUT2D eigenvalue weighted by Gasteiger charge is 2.11. The van der Waals surface area contributed by atoms with Crippen molar-refractivity contribution in [3.63, 3.8) is 0 Å². The van der Waals surface area contributed by atoms with Crippen molar-refractivity contribution < 1.29 is 9.84 Å². The maximum absolute atomic E-state index is 12.2. The third-order valence-corrected chi connectivity index (χ3v) is 4.24. The molecule has 0 aliphatic carbocycles. The summed E-state index contributed by atoms with van der Waals surface area (Å²) in [4.78, 5) is 16.4. The van der Waals surface area contributed by atoms with E-state index >= 15 is 0 Å². The number of nitrogens with zero attached hydrogens (tertiary/aromatic N) is 2. The number of hydrogen-bond acceptors (Lipinski definition) is 5. The highest BCUT2D eigenvalue weighted by atomic mass is 35.5. The van der Waals surface area contributed by atoms with E-state index in [1.165, 1.54) is 22.2 Å². The molecule has 114 valence electrons. The Morgan fingerprint density at radius 2 is 2.09 bits per heavy atom. The smallest absolute Gasteiger partial charge is 0.271 e. The van der Waals surface area contributed by atoms with Crippen molar-refractivity contribution in [2.75, 3.05) is 6.61 Å². The number of hydrogen-bond donors (Lipinski definition) is 1. The molecule has 0 spiro atoms. The van der Waals surface area contributed by atoms with Gasteiger partial charge >= 0.3 is 0 Å². The number of thiophene rings is 1. The van der Waals surface area contributed by atoms with E-state index in [0.717, 1.165) is 0 Å². The normalized spacial score (nSPS) is 12.5. The molecule has 0 radical (unpaired) electrons. The van der Waals surface area contributed by atoms with Crippen LogP contribution in [-0.2, 0) is 6.54 Å². The van der Waals surface area contributed by atoms with Gasteiger partial charge in [-0.2, -0.15) is 0 Å². The van der Waals surface area contributed by atoms with E-state index in [1.807, 2.05) is 5.38 Å². The Morgan fingerprint density at radius 3 is 2.86 bits per heavy atom. The van der Waals surface area contributed by atoms with Gasteiger partial charge in [-0.1, -0.05) is 11.6 Å². The van der Waals surface area contributed by atoms with E-state index in [1.54, 1.807) is 30.3 Å². The van der Waals surface area contributed by atoms with Crippen molar-refractivity contribution in [2.45, 2.75) is 12.6 Å². The topological polar surface area (TPSA) is 64.4 Å². The molecule has 22 heavy (non-hydrogen) atoms. The number of aliphatic hydroxyl groups excluding tert-OH is 1. The predicted molar refractivity (Wildman–Crippen MR) is 86.8 cm³/mol. The first kappa shape index (κ1) is 15.0. The summed E-state index contributed by atoms with van der Waals surface area (Å²) in [5.41, 5.74) is 0.531. The van der Waals surface area contributed by atoms with Crippen LogP contribution in [0.2, 0.25) is 5.02 Å². The van der Waals surface area contributed by atoms with Gasteiger partial charge in [-0.15, -0.1) is 11.3 Å². The van der Waals surface area contributed by atoms with E-state index in [2.05, 4.69) is 4.98 Å². The summed E-state index contributed by atoms with van der Waals surface area (Å²) in [5, 5.41) is 12.5. The lowest BCUT2D eigenvalue weighted by atomic mass is 10.3. The lowest BCUT2D eigenvalue weighted by Gasteiger charge is -2.13. The van der Waals surface area contributed by atoms with E-state index in [-0.39, 0.29) is 18.7 Å². The van der Waals surface area contributed by atoms with Crippen LogP contribution in [0, 0.1) is 0 Å². The number of halogens is 1. The summed E-state index contributed by atoms with van der Waals surface area (Å²) in [6.45, 7) is 0.212. The Hall–Kier alpha value is -1.89. The highest BCUT2D eigenvalue weighted by molar-refractivity contribution is 7.17. The molecular weight excluding hydrogens is 324 g/mol. The third kappa shape index (κ3) is 3.30. The number of rotatable bonds is 5. The first-order valence-electron chi connectivity index (χ1n) is 6.62. The van der Waals surface area contributed by atoms with E-state index in [9.17, 15) is 9.90 Å². The molecule has 1 atom stereocenters. The van der Waals surface area contributed by atoms with Gasteiger partial charge in [-0.25, -0.2) is 4.98 Å². The van der Waals surface area contributed by atoms with Gasteiger partial charge in [0.2, 0.25) is 0 Å². The van der Waals surface area contributed by atoms with Crippen LogP contribution in [0.25, 0.3) is 10.2 Å². The molecule has 2 heterocycles. The van der Waals surface area contributed by atoms with Gasteiger partial charge in [0, 0.05) is 5.02 Å². The number of ether oxygens (including phenoxy) is 1. The number of aliphatic hydroxyl groups is 1. The zero-order chi connectivity index (χ0) is 15.5. The molecule has 0 aliphatic heterocycles. The number of aromatic nitrogens is 2. The Kier molecular flexibility index (Phi) is 4.42. The monoisotopic (exact) mass is 336 g/mol. The van der Waals surface area contributed by atoms with Crippen molar-refractivity contribution >= 4 is 33.2 Å². The highest BCUT2D eigenvalue weighted by Crippen LogP contribution is 2.16. The third-order valence-electron chi connectivity index (χ3n) is 3.10. The zero-order valence-corrected chi connectivity index (χ0v) is 13.0. The molecule has 0 saturated carbocycles. The fourth-order valence-corrected chi connectivity index (χ4v) is 2.93. The molecule has 1 N–H and O–H groups in total. The lowest BCUT2D eigenvalue weighted by Crippen LogP contribution is -2.30. The van der Waals surface area contributed by atoms with Crippen LogP contribution >= 0.6 is 22.9 Å². The van der Waals surface area contributed by atoms with Crippen LogP contribution in [0.15, 0.2) is 46.8 Å². The second-order valence-corrected chi connectivity index (χ2v) is 6.11. The fourth-order valence-electron chi connectivity index (χ4n) is 2.01. The maximum atomic E-state index is 12.2. The molecule has 3 aromatic rings. The molecule has 0 amide bonds. The van der Waals surface area contributed by atoms with Crippen LogP contribution < -0.4 is 10.3 Å². The van der Waals surface area contributed by atoms with Crippen LogP contribution in [-0.4, -0.2) is 27.4 Å². The van der Waals surface area contributed by atoms with Crippen molar-refractivity contribution in [3.05, 3.63) is 57.4 Å². The van der Waals surface area contributed by atoms with Crippen LogP contribution in [0.4, 0.5) is 0 Å².